The lowest BCUT2D eigenvalue weighted by Gasteiger charge is -2.22. The van der Waals surface area contributed by atoms with Gasteiger partial charge in [-0.15, -0.1) is 13.2 Å². The van der Waals surface area contributed by atoms with Gasteiger partial charge in [0.1, 0.15) is 34.1 Å². The summed E-state index contributed by atoms with van der Waals surface area (Å²) in [7, 11) is 2.82. The van der Waals surface area contributed by atoms with Crippen LogP contribution in [-0.2, 0) is 0 Å². The van der Waals surface area contributed by atoms with Crippen LogP contribution in [0.15, 0.2) is 86.7 Å². The summed E-state index contributed by atoms with van der Waals surface area (Å²) in [6.45, 7) is 6.44. The number of aromatic nitrogens is 8. The number of carbonyl (C=O) groups is 2. The molecule has 1 amide bonds. The lowest BCUT2D eigenvalue weighted by Crippen LogP contribution is -2.40. The van der Waals surface area contributed by atoms with Crippen LogP contribution in [0, 0.1) is 11.7 Å². The van der Waals surface area contributed by atoms with E-state index >= 15 is 0 Å². The van der Waals surface area contributed by atoms with Crippen molar-refractivity contribution in [2.75, 3.05) is 20.8 Å². The largest absolute Gasteiger partial charge is 0.493 e. The summed E-state index contributed by atoms with van der Waals surface area (Å²) in [4.78, 5) is 34.8. The van der Waals surface area contributed by atoms with Crippen LogP contribution >= 0.6 is 0 Å². The van der Waals surface area contributed by atoms with Crippen molar-refractivity contribution in [2.24, 2.45) is 5.92 Å². The summed E-state index contributed by atoms with van der Waals surface area (Å²) in [5.41, 5.74) is 1.01. The summed E-state index contributed by atoms with van der Waals surface area (Å²) >= 11 is 0. The van der Waals surface area contributed by atoms with Gasteiger partial charge in [-0.25, -0.2) is 19.2 Å². The maximum absolute atomic E-state index is 13.2. The predicted octanol–water partition coefficient (Wildman–Crippen LogP) is 3.96. The molecule has 2 N–H and O–H groups in total. The second-order valence-corrected chi connectivity index (χ2v) is 9.91. The number of nitrogens with zero attached hydrogens (tertiary/aromatic N) is 8. The molecule has 0 saturated heterocycles. The van der Waals surface area contributed by atoms with Crippen LogP contribution in [0.4, 0.5) is 4.39 Å². The Kier molecular flexibility index (Phi) is 12.2. The molecule has 0 radical (unpaired) electrons. The molecular weight excluding hydrogens is 625 g/mol. The third-order valence-electron chi connectivity index (χ3n) is 7.14. The molecule has 2 atom stereocenters. The fourth-order valence-corrected chi connectivity index (χ4v) is 5.00. The summed E-state index contributed by atoms with van der Waals surface area (Å²) < 4.78 is 29.1. The second-order valence-electron chi connectivity index (χ2n) is 9.91. The van der Waals surface area contributed by atoms with E-state index in [1.807, 2.05) is 0 Å². The molecule has 0 unspecified atom stereocenters. The maximum Gasteiger partial charge on any atom is 0.343 e. The van der Waals surface area contributed by atoms with Gasteiger partial charge in [0, 0.05) is 24.4 Å². The number of amides is 1. The standard InChI is InChI=1S/C21H22FN5O3.C9H8N4O3.C2H4/c1-29-21-19(18(9-10-23-21)27-24-11-12-25-27)20(28)26-17-4-2-3-14(17)13-30-16-7-5-15(22)6-8-16;1-16-8-7(9(14)15)6(2-3-10-8)13-11-4-5-12-13;1-2/h5-12,14,17H,2-4,13H2,1H3,(H,26,28);2-5H,1H3,(H,14,15);1-2H2/t14-,17+;;/m1../s1. The van der Waals surface area contributed by atoms with Crippen molar-refractivity contribution >= 4 is 11.9 Å². The smallest absolute Gasteiger partial charge is 0.343 e. The SMILES string of the molecule is C=C.COc1nccc(-n2nccn2)c1C(=O)N[C@H]1CCC[C@@H]1COc1ccc(F)cc1.COc1nccc(-n2nccn2)c1C(=O)O. The molecule has 4 heterocycles. The van der Waals surface area contributed by atoms with Crippen LogP contribution in [0.25, 0.3) is 11.4 Å². The molecular formula is C32H34FN9O6. The highest BCUT2D eigenvalue weighted by atomic mass is 19.1. The van der Waals surface area contributed by atoms with Gasteiger partial charge < -0.3 is 24.6 Å². The molecule has 1 aliphatic carbocycles. The van der Waals surface area contributed by atoms with E-state index < -0.39 is 5.97 Å². The topological polar surface area (TPSA) is 181 Å². The van der Waals surface area contributed by atoms with Crippen LogP contribution in [-0.4, -0.2) is 83.8 Å². The van der Waals surface area contributed by atoms with Gasteiger partial charge in [0.15, 0.2) is 0 Å². The number of carbonyl (C=O) groups excluding carboxylic acids is 1. The van der Waals surface area contributed by atoms with E-state index in [9.17, 15) is 14.0 Å². The number of hydrogen-bond donors (Lipinski definition) is 2. The van der Waals surface area contributed by atoms with Gasteiger partial charge in [-0.1, -0.05) is 6.42 Å². The van der Waals surface area contributed by atoms with Gasteiger partial charge in [-0.05, 0) is 49.2 Å². The van der Waals surface area contributed by atoms with E-state index in [1.165, 1.54) is 73.0 Å². The predicted molar refractivity (Wildman–Crippen MR) is 170 cm³/mol. The van der Waals surface area contributed by atoms with Crippen molar-refractivity contribution in [3.8, 4) is 28.9 Å². The average molecular weight is 660 g/mol. The molecule has 1 fully saturated rings. The Hall–Kier alpha value is -6.19. The number of benzene rings is 1. The van der Waals surface area contributed by atoms with E-state index in [0.29, 0.717) is 23.7 Å². The first kappa shape index (κ1) is 34.7. The quantitative estimate of drug-likeness (QED) is 0.206. The number of carboxylic acid groups (broad SMARTS) is 1. The zero-order chi connectivity index (χ0) is 34.5. The van der Waals surface area contributed by atoms with Crippen molar-refractivity contribution in [2.45, 2.75) is 25.3 Å². The Morgan fingerprint density at radius 3 is 1.88 bits per heavy atom. The molecule has 0 spiro atoms. The van der Waals surface area contributed by atoms with Crippen molar-refractivity contribution in [3.05, 3.63) is 104 Å². The van der Waals surface area contributed by atoms with E-state index in [4.69, 9.17) is 19.3 Å². The fraction of sp³-hybridized carbons (Fsp3) is 0.250. The van der Waals surface area contributed by atoms with E-state index in [-0.39, 0.29) is 46.6 Å². The third-order valence-corrected chi connectivity index (χ3v) is 7.14. The Morgan fingerprint density at radius 2 is 1.35 bits per heavy atom. The zero-order valence-electron chi connectivity index (χ0n) is 26.3. The Balaban J connectivity index is 0.000000243. The van der Waals surface area contributed by atoms with Gasteiger partial charge >= 0.3 is 5.97 Å². The number of aromatic carboxylic acids is 1. The molecule has 1 saturated carbocycles. The number of carboxylic acids is 1. The molecule has 4 aromatic heterocycles. The minimum Gasteiger partial charge on any atom is -0.493 e. The molecule has 1 aromatic carbocycles. The molecule has 5 aromatic rings. The zero-order valence-corrected chi connectivity index (χ0v) is 26.3. The number of rotatable bonds is 10. The Morgan fingerprint density at radius 1 is 0.833 bits per heavy atom. The van der Waals surface area contributed by atoms with Crippen LogP contribution in [0.3, 0.4) is 0 Å². The lowest BCUT2D eigenvalue weighted by molar-refractivity contribution is 0.0691. The molecule has 15 nitrogen and oxygen atoms in total. The number of methoxy groups -OCH3 is 2. The first-order chi connectivity index (χ1) is 23.4. The highest BCUT2D eigenvalue weighted by Gasteiger charge is 2.31. The normalized spacial score (nSPS) is 14.8. The molecule has 16 heteroatoms. The third kappa shape index (κ3) is 8.34. The lowest BCUT2D eigenvalue weighted by atomic mass is 10.0. The average Bonchev–Trinajstić information content (AvgIpc) is 3.93. The maximum atomic E-state index is 13.2. The van der Waals surface area contributed by atoms with Crippen LogP contribution in [0.5, 0.6) is 17.5 Å². The van der Waals surface area contributed by atoms with Gasteiger partial charge in [0.25, 0.3) is 5.91 Å². The Labute approximate surface area is 275 Å². The van der Waals surface area contributed by atoms with E-state index in [0.717, 1.165) is 19.3 Å². The number of nitrogens with one attached hydrogen (secondary N) is 1. The molecule has 250 valence electrons. The van der Waals surface area contributed by atoms with Gasteiger partial charge in [0.2, 0.25) is 11.8 Å². The second kappa shape index (κ2) is 16.9. The van der Waals surface area contributed by atoms with Crippen LogP contribution in [0.2, 0.25) is 0 Å². The monoisotopic (exact) mass is 659 g/mol. The van der Waals surface area contributed by atoms with Gasteiger partial charge in [0.05, 0.1) is 45.6 Å². The van der Waals surface area contributed by atoms with E-state index in [1.54, 1.807) is 24.4 Å². The number of halogens is 1. The number of ether oxygens (including phenoxy) is 3. The first-order valence-corrected chi connectivity index (χ1v) is 14.6. The number of pyridine rings is 2. The summed E-state index contributed by atoms with van der Waals surface area (Å²) in [5.74, 6) is -0.756. The van der Waals surface area contributed by atoms with Crippen molar-refractivity contribution in [1.29, 1.82) is 0 Å². The highest BCUT2D eigenvalue weighted by molar-refractivity contribution is 6.00. The number of hydrogen-bond acceptors (Lipinski definition) is 11. The Bertz CT molecular complexity index is 1770. The highest BCUT2D eigenvalue weighted by Crippen LogP contribution is 2.29. The molecule has 0 aliphatic heterocycles. The fourth-order valence-electron chi connectivity index (χ4n) is 5.00. The minimum atomic E-state index is -1.14. The van der Waals surface area contributed by atoms with Crippen molar-refractivity contribution in [1.82, 2.24) is 45.3 Å². The van der Waals surface area contributed by atoms with Crippen LogP contribution in [0.1, 0.15) is 40.0 Å². The minimum absolute atomic E-state index is 0.0299. The summed E-state index contributed by atoms with van der Waals surface area (Å²) in [5, 5.41) is 28.1. The van der Waals surface area contributed by atoms with Gasteiger partial charge in [-0.3, -0.25) is 4.79 Å². The van der Waals surface area contributed by atoms with Crippen LogP contribution < -0.4 is 19.5 Å². The first-order valence-electron chi connectivity index (χ1n) is 14.6. The van der Waals surface area contributed by atoms with Gasteiger partial charge in [-0.2, -0.15) is 30.0 Å². The molecule has 48 heavy (non-hydrogen) atoms. The molecule has 6 rings (SSSR count). The molecule has 1 aliphatic rings. The molecule has 0 bridgehead atoms. The summed E-state index contributed by atoms with van der Waals surface area (Å²) in [6, 6.07) is 9.05. The van der Waals surface area contributed by atoms with Crippen molar-refractivity contribution in [3.63, 3.8) is 0 Å². The van der Waals surface area contributed by atoms with E-state index in [2.05, 4.69) is 48.8 Å². The summed E-state index contributed by atoms with van der Waals surface area (Å²) in [6.07, 6.45) is 11.7. The van der Waals surface area contributed by atoms with Crippen molar-refractivity contribution < 1.29 is 33.3 Å².